The Morgan fingerprint density at radius 2 is 1.69 bits per heavy atom. The van der Waals surface area contributed by atoms with E-state index in [1.807, 2.05) is 56.6 Å². The molecule has 0 aliphatic carbocycles. The molecule has 5 nitrogen and oxygen atoms in total. The van der Waals surface area contributed by atoms with Crippen molar-refractivity contribution >= 4 is 27.5 Å². The van der Waals surface area contributed by atoms with Crippen molar-refractivity contribution < 1.29 is 20.1 Å². The third-order valence-corrected chi connectivity index (χ3v) is 6.43. The van der Waals surface area contributed by atoms with Gasteiger partial charge in [0.05, 0.1) is 28.7 Å². The standard InChI is InChI=1S/C18H16N3.C12H13N2.Ir/c1-18(2,3)16-10-14-15(11-19-16)21-9-8-12-6-4-5-7-13(12)17(21)20-14;1-9-10(2)14(3)12(13-9)11-7-5-4-6-8-11;/h4-6,8-11H,1-3H3;4-7H,1-3H3;/q2*-1;. The molecular weight excluding hydrogens is 623 g/mol. The van der Waals surface area contributed by atoms with Gasteiger partial charge in [-0.2, -0.15) is 0 Å². The molecule has 0 bridgehead atoms. The van der Waals surface area contributed by atoms with Gasteiger partial charge in [0, 0.05) is 49.6 Å². The van der Waals surface area contributed by atoms with Crippen LogP contribution in [0.5, 0.6) is 0 Å². The smallest absolute Gasteiger partial charge is 0.0817 e. The molecule has 6 rings (SSSR count). The summed E-state index contributed by atoms with van der Waals surface area (Å²) in [6.07, 6.45) is 3.98. The third kappa shape index (κ3) is 4.71. The summed E-state index contributed by atoms with van der Waals surface area (Å²) in [4.78, 5) is 13.9. The number of aromatic nitrogens is 5. The molecule has 2 aromatic carbocycles. The summed E-state index contributed by atoms with van der Waals surface area (Å²) in [6, 6.07) is 24.6. The number of rotatable bonds is 1. The van der Waals surface area contributed by atoms with Gasteiger partial charge in [-0.25, -0.2) is 0 Å². The van der Waals surface area contributed by atoms with Crippen LogP contribution in [0.25, 0.3) is 38.8 Å². The largest absolute Gasteiger partial charge is 0.371 e. The van der Waals surface area contributed by atoms with Crippen LogP contribution in [0.1, 0.15) is 37.9 Å². The molecule has 0 atom stereocenters. The summed E-state index contributed by atoms with van der Waals surface area (Å²) in [7, 11) is 2.03. The number of nitrogens with zero attached hydrogens (tertiary/aromatic N) is 5. The molecule has 0 N–H and O–H groups in total. The third-order valence-electron chi connectivity index (χ3n) is 6.43. The fourth-order valence-electron chi connectivity index (χ4n) is 4.16. The molecule has 1 radical (unpaired) electrons. The first-order valence-corrected chi connectivity index (χ1v) is 11.8. The molecule has 0 amide bonds. The molecule has 6 aromatic rings. The Hall–Kier alpha value is -3.34. The molecule has 0 unspecified atom stereocenters. The number of imidazole rings is 2. The van der Waals surface area contributed by atoms with E-state index in [1.165, 1.54) is 5.69 Å². The molecule has 0 saturated heterocycles. The molecule has 0 spiro atoms. The molecule has 36 heavy (non-hydrogen) atoms. The fourth-order valence-corrected chi connectivity index (χ4v) is 4.16. The zero-order chi connectivity index (χ0) is 24.7. The van der Waals surface area contributed by atoms with Crippen molar-refractivity contribution in [3.8, 4) is 11.4 Å². The Labute approximate surface area is 225 Å². The second-order valence-corrected chi connectivity index (χ2v) is 9.87. The predicted octanol–water partition coefficient (Wildman–Crippen LogP) is 6.64. The first-order valence-electron chi connectivity index (χ1n) is 11.8. The van der Waals surface area contributed by atoms with Crippen molar-refractivity contribution in [3.63, 3.8) is 0 Å². The monoisotopic (exact) mass is 652 g/mol. The molecule has 0 aliphatic rings. The van der Waals surface area contributed by atoms with Gasteiger partial charge in [0.2, 0.25) is 0 Å². The minimum atomic E-state index is 0. The number of hydrogen-bond acceptors (Lipinski definition) is 3. The topological polar surface area (TPSA) is 48.0 Å². The minimum absolute atomic E-state index is 0. The molecule has 0 aliphatic heterocycles. The van der Waals surface area contributed by atoms with Crippen molar-refractivity contribution in [2.75, 3.05) is 0 Å². The SMILES string of the molecule is CC(C)(C)c1cc2nc3c4[c-]cccc4ccn3c2cn1.Cc1nc(-c2[c-]cccc2)n(C)c1C.[Ir]. The van der Waals surface area contributed by atoms with E-state index in [1.54, 1.807) is 0 Å². The van der Waals surface area contributed by atoms with Crippen molar-refractivity contribution in [3.05, 3.63) is 96.2 Å². The van der Waals surface area contributed by atoms with Crippen LogP contribution in [-0.4, -0.2) is 23.9 Å². The van der Waals surface area contributed by atoms with Crippen LogP contribution in [-0.2, 0) is 32.6 Å². The van der Waals surface area contributed by atoms with Crippen LogP contribution in [0, 0.1) is 26.0 Å². The van der Waals surface area contributed by atoms with Gasteiger partial charge < -0.3 is 8.97 Å². The number of aryl methyl sites for hydroxylation is 1. The Balaban J connectivity index is 0.000000178. The minimum Gasteiger partial charge on any atom is -0.371 e. The van der Waals surface area contributed by atoms with E-state index in [0.29, 0.717) is 0 Å². The van der Waals surface area contributed by atoms with Gasteiger partial charge in [-0.05, 0) is 26.1 Å². The molecule has 4 heterocycles. The summed E-state index contributed by atoms with van der Waals surface area (Å²) in [6.45, 7) is 10.6. The van der Waals surface area contributed by atoms with Crippen LogP contribution in [0.15, 0.2) is 67.0 Å². The number of benzene rings is 2. The Morgan fingerprint density at radius 3 is 2.36 bits per heavy atom. The maximum absolute atomic E-state index is 4.81. The number of fused-ring (bicyclic) bond motifs is 5. The first-order chi connectivity index (χ1) is 16.7. The van der Waals surface area contributed by atoms with E-state index < -0.39 is 0 Å². The molecule has 4 aromatic heterocycles. The molecule has 185 valence electrons. The van der Waals surface area contributed by atoms with Crippen molar-refractivity contribution in [1.29, 1.82) is 0 Å². The van der Waals surface area contributed by atoms with Crippen LogP contribution >= 0.6 is 0 Å². The van der Waals surface area contributed by atoms with Crippen LogP contribution in [0.4, 0.5) is 0 Å². The van der Waals surface area contributed by atoms with Crippen molar-refractivity contribution in [2.45, 2.75) is 40.0 Å². The van der Waals surface area contributed by atoms with E-state index in [-0.39, 0.29) is 25.5 Å². The first kappa shape index (κ1) is 25.7. The van der Waals surface area contributed by atoms with Crippen molar-refractivity contribution in [2.24, 2.45) is 7.05 Å². The second-order valence-electron chi connectivity index (χ2n) is 9.87. The van der Waals surface area contributed by atoms with E-state index in [4.69, 9.17) is 4.98 Å². The fraction of sp³-hybridized carbons (Fsp3) is 0.233. The average Bonchev–Trinajstić information content (AvgIpc) is 3.36. The number of pyridine rings is 2. The summed E-state index contributed by atoms with van der Waals surface area (Å²) in [5.74, 6) is 0.987. The average molecular weight is 652 g/mol. The van der Waals surface area contributed by atoms with E-state index in [0.717, 1.165) is 50.2 Å². The van der Waals surface area contributed by atoms with Gasteiger partial charge in [-0.1, -0.05) is 26.8 Å². The van der Waals surface area contributed by atoms with Gasteiger partial charge in [-0.15, -0.1) is 70.9 Å². The van der Waals surface area contributed by atoms with Gasteiger partial charge in [-0.3, -0.25) is 15.0 Å². The van der Waals surface area contributed by atoms with E-state index in [2.05, 4.69) is 83.2 Å². The molecular formula is C30H29IrN5-2. The second kappa shape index (κ2) is 9.96. The summed E-state index contributed by atoms with van der Waals surface area (Å²) >= 11 is 0. The molecule has 0 saturated carbocycles. The van der Waals surface area contributed by atoms with Gasteiger partial charge >= 0.3 is 0 Å². The zero-order valence-electron chi connectivity index (χ0n) is 21.4. The Kier molecular flexibility index (Phi) is 7.12. The van der Waals surface area contributed by atoms with Crippen LogP contribution < -0.4 is 0 Å². The zero-order valence-corrected chi connectivity index (χ0v) is 23.8. The summed E-state index contributed by atoms with van der Waals surface area (Å²) < 4.78 is 4.19. The van der Waals surface area contributed by atoms with Crippen molar-refractivity contribution in [1.82, 2.24) is 23.9 Å². The van der Waals surface area contributed by atoms with Gasteiger partial charge in [0.25, 0.3) is 0 Å². The maximum Gasteiger partial charge on any atom is 0.0817 e. The van der Waals surface area contributed by atoms with Gasteiger partial charge in [0.15, 0.2) is 0 Å². The normalized spacial score (nSPS) is 11.4. The van der Waals surface area contributed by atoms with Crippen LogP contribution in [0.3, 0.4) is 0 Å². The summed E-state index contributed by atoms with van der Waals surface area (Å²) in [5, 5.41) is 2.21. The Morgan fingerprint density at radius 1 is 0.917 bits per heavy atom. The molecule has 0 fully saturated rings. The van der Waals surface area contributed by atoms with E-state index >= 15 is 0 Å². The van der Waals surface area contributed by atoms with E-state index in [9.17, 15) is 0 Å². The number of hydrogen-bond donors (Lipinski definition) is 0. The Bertz CT molecular complexity index is 1660. The maximum atomic E-state index is 4.81. The van der Waals surface area contributed by atoms with Crippen LogP contribution in [0.2, 0.25) is 0 Å². The summed E-state index contributed by atoms with van der Waals surface area (Å²) in [5.41, 5.74) is 7.39. The predicted molar refractivity (Wildman–Crippen MR) is 142 cm³/mol. The quantitative estimate of drug-likeness (QED) is 0.188. The van der Waals surface area contributed by atoms with Gasteiger partial charge in [0.1, 0.15) is 0 Å². The molecule has 6 heteroatoms.